The lowest BCUT2D eigenvalue weighted by Crippen LogP contribution is -2.47. The molecule has 0 saturated heterocycles. The van der Waals surface area contributed by atoms with E-state index >= 15 is 0 Å². The zero-order chi connectivity index (χ0) is 24.1. The fourth-order valence-corrected chi connectivity index (χ4v) is 6.04. The number of imidazole rings is 1. The Bertz CT molecular complexity index is 1360. The summed E-state index contributed by atoms with van der Waals surface area (Å²) >= 11 is 0. The number of aromatic nitrogens is 2. The molecule has 0 amide bonds. The summed E-state index contributed by atoms with van der Waals surface area (Å²) in [5.41, 5.74) is 0. The highest BCUT2D eigenvalue weighted by molar-refractivity contribution is 7.90. The summed E-state index contributed by atoms with van der Waals surface area (Å²) < 4.78 is 59.3. The van der Waals surface area contributed by atoms with E-state index in [2.05, 4.69) is 10.9 Å². The molecule has 33 heavy (non-hydrogen) atoms. The molecule has 0 aliphatic rings. The van der Waals surface area contributed by atoms with Gasteiger partial charge in [-0.2, -0.15) is 4.31 Å². The van der Waals surface area contributed by atoms with Gasteiger partial charge in [0, 0.05) is 18.8 Å². The van der Waals surface area contributed by atoms with E-state index in [9.17, 15) is 21.6 Å². The molecule has 0 N–H and O–H groups in total. The molecule has 2 aromatic carbocycles. The monoisotopic (exact) mass is 487 g/mol. The molecule has 0 bridgehead atoms. The topological polar surface area (TPSA) is 116 Å². The number of carbonyl (C=O) groups excluding carboxylic acids is 1. The minimum Gasteiger partial charge on any atom is -0.468 e. The van der Waals surface area contributed by atoms with Crippen LogP contribution in [0.1, 0.15) is 5.82 Å². The van der Waals surface area contributed by atoms with Crippen molar-refractivity contribution in [3.05, 3.63) is 78.9 Å². The lowest BCUT2D eigenvalue weighted by atomic mass is 10.2. The van der Waals surface area contributed by atoms with Gasteiger partial charge in [0.2, 0.25) is 10.0 Å². The number of terminal acetylenes is 1. The summed E-state index contributed by atoms with van der Waals surface area (Å²) in [6.07, 6.45) is 7.49. The van der Waals surface area contributed by atoms with E-state index in [1.54, 1.807) is 24.3 Å². The van der Waals surface area contributed by atoms with Crippen molar-refractivity contribution < 1.29 is 26.4 Å². The van der Waals surface area contributed by atoms with Gasteiger partial charge in [0.15, 0.2) is 0 Å². The summed E-state index contributed by atoms with van der Waals surface area (Å²) in [5.74, 6) is 1.28. The molecule has 0 saturated carbocycles. The molecule has 1 heterocycles. The van der Waals surface area contributed by atoms with Crippen molar-refractivity contribution in [3.63, 3.8) is 0 Å². The summed E-state index contributed by atoms with van der Waals surface area (Å²) in [7, 11) is -7.15. The Hall–Kier alpha value is -3.46. The van der Waals surface area contributed by atoms with Crippen molar-refractivity contribution >= 4 is 26.0 Å². The molecular formula is C22H21N3O6S2. The minimum absolute atomic E-state index is 0.0104. The van der Waals surface area contributed by atoms with Gasteiger partial charge in [0.25, 0.3) is 10.0 Å². The highest BCUT2D eigenvalue weighted by Crippen LogP contribution is 2.22. The quantitative estimate of drug-likeness (QED) is 0.332. The van der Waals surface area contributed by atoms with Crippen molar-refractivity contribution in [2.75, 3.05) is 13.7 Å². The van der Waals surface area contributed by atoms with Crippen molar-refractivity contribution in [3.8, 4) is 12.3 Å². The largest absolute Gasteiger partial charge is 0.468 e. The number of sulfonamides is 1. The molecule has 1 aromatic heterocycles. The highest BCUT2D eigenvalue weighted by Gasteiger charge is 2.38. The van der Waals surface area contributed by atoms with Crippen LogP contribution in [0, 0.1) is 12.3 Å². The van der Waals surface area contributed by atoms with Gasteiger partial charge in [-0.3, -0.25) is 4.79 Å². The first-order valence-corrected chi connectivity index (χ1v) is 12.5. The van der Waals surface area contributed by atoms with Crippen LogP contribution < -0.4 is 0 Å². The Morgan fingerprint density at radius 1 is 1.06 bits per heavy atom. The van der Waals surface area contributed by atoms with Gasteiger partial charge in [-0.1, -0.05) is 42.3 Å². The summed E-state index contributed by atoms with van der Waals surface area (Å²) in [4.78, 5) is 16.7. The van der Waals surface area contributed by atoms with E-state index in [-0.39, 0.29) is 22.0 Å². The highest BCUT2D eigenvalue weighted by atomic mass is 32.2. The van der Waals surface area contributed by atoms with Gasteiger partial charge in [-0.25, -0.2) is 25.8 Å². The fraction of sp³-hybridized carbons (Fsp3) is 0.182. The van der Waals surface area contributed by atoms with Crippen LogP contribution in [0.25, 0.3) is 0 Å². The van der Waals surface area contributed by atoms with E-state index in [0.29, 0.717) is 0 Å². The maximum absolute atomic E-state index is 13.3. The molecule has 0 spiro atoms. The molecule has 3 aromatic rings. The Morgan fingerprint density at radius 2 is 1.64 bits per heavy atom. The second-order valence-electron chi connectivity index (χ2n) is 6.77. The molecule has 0 aliphatic carbocycles. The third kappa shape index (κ3) is 4.98. The van der Waals surface area contributed by atoms with E-state index in [0.717, 1.165) is 15.4 Å². The average molecular weight is 488 g/mol. The van der Waals surface area contributed by atoms with E-state index in [4.69, 9.17) is 11.2 Å². The second kappa shape index (κ2) is 9.99. The summed E-state index contributed by atoms with van der Waals surface area (Å²) in [6, 6.07) is 13.7. The molecule has 1 atom stereocenters. The zero-order valence-corrected chi connectivity index (χ0v) is 19.2. The average Bonchev–Trinajstić information content (AvgIpc) is 3.31. The third-order valence-corrected chi connectivity index (χ3v) is 8.36. The standard InChI is InChI=1S/C22H21N3O6S2/c1-3-15-24(32(27,28)18-10-6-4-7-11-18)20(22(26)31-2)17-21-23-14-16-25(21)33(29,30)19-12-8-5-9-13-19/h1,4-14,16,20H,15,17H2,2H3/t20-/m0/s1. The minimum atomic E-state index is -4.22. The molecule has 0 radical (unpaired) electrons. The van der Waals surface area contributed by atoms with Crippen LogP contribution in [0.4, 0.5) is 0 Å². The Balaban J connectivity index is 2.07. The first-order chi connectivity index (χ1) is 15.7. The maximum Gasteiger partial charge on any atom is 0.324 e. The van der Waals surface area contributed by atoms with E-state index in [1.807, 2.05) is 0 Å². The van der Waals surface area contributed by atoms with Crippen molar-refractivity contribution in [2.24, 2.45) is 0 Å². The molecular weight excluding hydrogens is 466 g/mol. The fourth-order valence-electron chi connectivity index (χ4n) is 3.18. The van der Waals surface area contributed by atoms with Gasteiger partial charge in [-0.05, 0) is 24.3 Å². The number of methoxy groups -OCH3 is 1. The van der Waals surface area contributed by atoms with Gasteiger partial charge >= 0.3 is 5.97 Å². The van der Waals surface area contributed by atoms with Crippen LogP contribution in [0.5, 0.6) is 0 Å². The van der Waals surface area contributed by atoms with Gasteiger partial charge in [0.1, 0.15) is 11.9 Å². The molecule has 0 aliphatic heterocycles. The maximum atomic E-state index is 13.3. The van der Waals surface area contributed by atoms with E-state index < -0.39 is 38.6 Å². The predicted octanol–water partition coefficient (Wildman–Crippen LogP) is 1.53. The van der Waals surface area contributed by atoms with Crippen LogP contribution >= 0.6 is 0 Å². The summed E-state index contributed by atoms with van der Waals surface area (Å²) in [5, 5.41) is 0. The first-order valence-electron chi connectivity index (χ1n) is 9.64. The number of hydrogen-bond acceptors (Lipinski definition) is 7. The van der Waals surface area contributed by atoms with Crippen LogP contribution in [-0.4, -0.2) is 55.8 Å². The molecule has 0 fully saturated rings. The molecule has 11 heteroatoms. The number of hydrogen-bond donors (Lipinski definition) is 0. The van der Waals surface area contributed by atoms with Crippen LogP contribution in [0.3, 0.4) is 0 Å². The predicted molar refractivity (Wildman–Crippen MR) is 120 cm³/mol. The number of nitrogens with zero attached hydrogens (tertiary/aromatic N) is 3. The number of rotatable bonds is 9. The van der Waals surface area contributed by atoms with Crippen molar-refractivity contribution in [1.29, 1.82) is 0 Å². The number of esters is 1. The summed E-state index contributed by atoms with van der Waals surface area (Å²) in [6.45, 7) is -0.441. The smallest absolute Gasteiger partial charge is 0.324 e. The van der Waals surface area contributed by atoms with Crippen LogP contribution in [0.2, 0.25) is 0 Å². The van der Waals surface area contributed by atoms with E-state index in [1.165, 1.54) is 48.8 Å². The number of ether oxygens (including phenoxy) is 1. The lowest BCUT2D eigenvalue weighted by Gasteiger charge is -2.27. The molecule has 9 nitrogen and oxygen atoms in total. The zero-order valence-electron chi connectivity index (χ0n) is 17.6. The lowest BCUT2D eigenvalue weighted by molar-refractivity contribution is -0.145. The van der Waals surface area contributed by atoms with Crippen LogP contribution in [0.15, 0.2) is 82.8 Å². The second-order valence-corrected chi connectivity index (χ2v) is 10.5. The van der Waals surface area contributed by atoms with Gasteiger partial charge in [-0.15, -0.1) is 6.42 Å². The number of carbonyl (C=O) groups is 1. The SMILES string of the molecule is C#CCN([C@@H](Cc1nccn1S(=O)(=O)c1ccccc1)C(=O)OC)S(=O)(=O)c1ccccc1. The first kappa shape index (κ1) is 24.2. The molecule has 172 valence electrons. The molecule has 3 rings (SSSR count). The molecule has 0 unspecified atom stereocenters. The third-order valence-electron chi connectivity index (χ3n) is 4.77. The van der Waals surface area contributed by atoms with Crippen LogP contribution in [-0.2, 0) is 36.0 Å². The Labute approximate surface area is 192 Å². The van der Waals surface area contributed by atoms with Gasteiger partial charge in [0.05, 0.1) is 23.4 Å². The van der Waals surface area contributed by atoms with Crippen molar-refractivity contribution in [1.82, 2.24) is 13.3 Å². The normalized spacial score (nSPS) is 12.8. The Kier molecular flexibility index (Phi) is 7.33. The van der Waals surface area contributed by atoms with Gasteiger partial charge < -0.3 is 4.74 Å². The Morgan fingerprint density at radius 3 is 2.18 bits per heavy atom. The number of benzene rings is 2. The van der Waals surface area contributed by atoms with Crippen molar-refractivity contribution in [2.45, 2.75) is 22.3 Å².